The molecule has 0 bridgehead atoms. The van der Waals surface area contributed by atoms with Crippen LogP contribution >= 0.6 is 11.3 Å². The second-order valence-corrected chi connectivity index (χ2v) is 4.81. The van der Waals surface area contributed by atoms with E-state index in [1.54, 1.807) is 11.3 Å². The molecule has 0 radical (unpaired) electrons. The summed E-state index contributed by atoms with van der Waals surface area (Å²) in [7, 11) is 0. The van der Waals surface area contributed by atoms with Gasteiger partial charge in [-0.2, -0.15) is 5.26 Å². The summed E-state index contributed by atoms with van der Waals surface area (Å²) in [5.41, 5.74) is 1.20. The highest BCUT2D eigenvalue weighted by atomic mass is 32.1. The lowest BCUT2D eigenvalue weighted by Crippen LogP contribution is -2.11. The van der Waals surface area contributed by atoms with Crippen molar-refractivity contribution < 1.29 is 4.74 Å². The van der Waals surface area contributed by atoms with Gasteiger partial charge >= 0.3 is 0 Å². The van der Waals surface area contributed by atoms with Crippen LogP contribution < -0.4 is 10.1 Å². The third kappa shape index (κ3) is 3.88. The molecule has 0 amide bonds. The standard InChI is InChI=1S/C14H14N2OS/c15-7-8-17-13-5-3-12(4-6-13)10-16-11-14-2-1-9-18-14/h1-6,9,16H,8,10-11H2. The van der Waals surface area contributed by atoms with E-state index in [0.717, 1.165) is 18.8 Å². The van der Waals surface area contributed by atoms with E-state index in [-0.39, 0.29) is 6.61 Å². The van der Waals surface area contributed by atoms with E-state index in [2.05, 4.69) is 22.8 Å². The molecule has 1 aromatic heterocycles. The Morgan fingerprint density at radius 3 is 2.67 bits per heavy atom. The number of hydrogen-bond donors (Lipinski definition) is 1. The van der Waals surface area contributed by atoms with E-state index in [4.69, 9.17) is 10.00 Å². The number of hydrogen-bond acceptors (Lipinski definition) is 4. The maximum atomic E-state index is 8.40. The highest BCUT2D eigenvalue weighted by Crippen LogP contribution is 2.12. The summed E-state index contributed by atoms with van der Waals surface area (Å²) in [6.45, 7) is 1.82. The molecular formula is C14H14N2OS. The number of nitrogens with zero attached hydrogens (tertiary/aromatic N) is 1. The molecular weight excluding hydrogens is 244 g/mol. The van der Waals surface area contributed by atoms with Crippen LogP contribution in [0, 0.1) is 11.3 Å². The number of benzene rings is 1. The SMILES string of the molecule is N#CCOc1ccc(CNCc2cccs2)cc1. The van der Waals surface area contributed by atoms with Crippen molar-refractivity contribution >= 4 is 11.3 Å². The Morgan fingerprint density at radius 1 is 1.17 bits per heavy atom. The van der Waals surface area contributed by atoms with Crippen LogP contribution in [-0.4, -0.2) is 6.61 Å². The van der Waals surface area contributed by atoms with Gasteiger partial charge in [0.05, 0.1) is 0 Å². The Kier molecular flexibility index (Phi) is 4.77. The zero-order chi connectivity index (χ0) is 12.6. The summed E-state index contributed by atoms with van der Waals surface area (Å²) < 4.78 is 5.19. The lowest BCUT2D eigenvalue weighted by Gasteiger charge is -2.05. The molecule has 0 aliphatic carbocycles. The van der Waals surface area contributed by atoms with Crippen LogP contribution in [0.15, 0.2) is 41.8 Å². The van der Waals surface area contributed by atoms with Crippen LogP contribution in [-0.2, 0) is 13.1 Å². The molecule has 0 unspecified atom stereocenters. The molecule has 3 nitrogen and oxygen atoms in total. The molecule has 1 aromatic carbocycles. The van der Waals surface area contributed by atoms with Gasteiger partial charge < -0.3 is 10.1 Å². The molecule has 18 heavy (non-hydrogen) atoms. The monoisotopic (exact) mass is 258 g/mol. The fourth-order valence-corrected chi connectivity index (χ4v) is 2.24. The van der Waals surface area contributed by atoms with Crippen molar-refractivity contribution in [2.24, 2.45) is 0 Å². The summed E-state index contributed by atoms with van der Waals surface area (Å²) in [5.74, 6) is 0.735. The van der Waals surface area contributed by atoms with E-state index in [1.807, 2.05) is 30.3 Å². The Hall–Kier alpha value is -1.83. The van der Waals surface area contributed by atoms with Crippen molar-refractivity contribution in [2.75, 3.05) is 6.61 Å². The molecule has 1 heterocycles. The van der Waals surface area contributed by atoms with E-state index in [9.17, 15) is 0 Å². The highest BCUT2D eigenvalue weighted by molar-refractivity contribution is 7.09. The summed E-state index contributed by atoms with van der Waals surface area (Å²) in [5, 5.41) is 13.9. The number of rotatable bonds is 6. The van der Waals surface area contributed by atoms with Gasteiger partial charge in [0.2, 0.25) is 0 Å². The second kappa shape index (κ2) is 6.80. The Labute approximate surface area is 111 Å². The van der Waals surface area contributed by atoms with E-state index in [0.29, 0.717) is 0 Å². The normalized spacial score (nSPS) is 9.94. The summed E-state index contributed by atoms with van der Waals surface area (Å²) >= 11 is 1.76. The van der Waals surface area contributed by atoms with Crippen LogP contribution in [0.2, 0.25) is 0 Å². The first-order chi connectivity index (χ1) is 8.88. The summed E-state index contributed by atoms with van der Waals surface area (Å²) in [6, 6.07) is 13.9. The van der Waals surface area contributed by atoms with Gasteiger partial charge in [0.15, 0.2) is 6.61 Å². The van der Waals surface area contributed by atoms with Gasteiger partial charge in [-0.05, 0) is 29.1 Å². The first-order valence-electron chi connectivity index (χ1n) is 5.70. The lowest BCUT2D eigenvalue weighted by molar-refractivity contribution is 0.368. The molecule has 0 aliphatic heterocycles. The predicted octanol–water partition coefficient (Wildman–Crippen LogP) is 2.94. The van der Waals surface area contributed by atoms with Crippen molar-refractivity contribution in [1.82, 2.24) is 5.32 Å². The molecule has 0 aliphatic rings. The maximum Gasteiger partial charge on any atom is 0.174 e. The lowest BCUT2D eigenvalue weighted by atomic mass is 10.2. The molecule has 4 heteroatoms. The van der Waals surface area contributed by atoms with Crippen LogP contribution in [0.25, 0.3) is 0 Å². The molecule has 0 spiro atoms. The van der Waals surface area contributed by atoms with Crippen LogP contribution in [0.5, 0.6) is 5.75 Å². The minimum atomic E-state index is 0.0932. The van der Waals surface area contributed by atoms with Crippen molar-refractivity contribution in [3.63, 3.8) is 0 Å². The molecule has 0 fully saturated rings. The molecule has 0 atom stereocenters. The molecule has 2 rings (SSSR count). The Balaban J connectivity index is 1.78. The van der Waals surface area contributed by atoms with Crippen LogP contribution in [0.1, 0.15) is 10.4 Å². The zero-order valence-electron chi connectivity index (χ0n) is 9.93. The van der Waals surface area contributed by atoms with Crippen LogP contribution in [0.4, 0.5) is 0 Å². The third-order valence-electron chi connectivity index (χ3n) is 2.44. The third-order valence-corrected chi connectivity index (χ3v) is 3.31. The van der Waals surface area contributed by atoms with Crippen LogP contribution in [0.3, 0.4) is 0 Å². The minimum Gasteiger partial charge on any atom is -0.479 e. The van der Waals surface area contributed by atoms with Crippen molar-refractivity contribution in [2.45, 2.75) is 13.1 Å². The number of nitriles is 1. The van der Waals surface area contributed by atoms with Gasteiger partial charge in [0.25, 0.3) is 0 Å². The zero-order valence-corrected chi connectivity index (χ0v) is 10.7. The van der Waals surface area contributed by atoms with Gasteiger partial charge in [-0.1, -0.05) is 18.2 Å². The van der Waals surface area contributed by atoms with Gasteiger partial charge in [-0.25, -0.2) is 0 Å². The van der Waals surface area contributed by atoms with Crippen molar-refractivity contribution in [1.29, 1.82) is 5.26 Å². The quantitative estimate of drug-likeness (QED) is 0.866. The maximum absolute atomic E-state index is 8.40. The Bertz CT molecular complexity index is 500. The molecule has 1 N–H and O–H groups in total. The first-order valence-corrected chi connectivity index (χ1v) is 6.58. The molecule has 0 saturated heterocycles. The second-order valence-electron chi connectivity index (χ2n) is 3.77. The average Bonchev–Trinajstić information content (AvgIpc) is 2.91. The fraction of sp³-hybridized carbons (Fsp3) is 0.214. The highest BCUT2D eigenvalue weighted by Gasteiger charge is 1.96. The number of nitrogens with one attached hydrogen (secondary N) is 1. The van der Waals surface area contributed by atoms with E-state index < -0.39 is 0 Å². The van der Waals surface area contributed by atoms with E-state index >= 15 is 0 Å². The Morgan fingerprint density at radius 2 is 2.00 bits per heavy atom. The van der Waals surface area contributed by atoms with E-state index in [1.165, 1.54) is 10.4 Å². The summed E-state index contributed by atoms with van der Waals surface area (Å²) in [4.78, 5) is 1.34. The van der Waals surface area contributed by atoms with Gasteiger partial charge in [-0.3, -0.25) is 0 Å². The smallest absolute Gasteiger partial charge is 0.174 e. The topological polar surface area (TPSA) is 45.0 Å². The fourth-order valence-electron chi connectivity index (χ4n) is 1.56. The summed E-state index contributed by atoms with van der Waals surface area (Å²) in [6.07, 6.45) is 0. The van der Waals surface area contributed by atoms with Crippen molar-refractivity contribution in [3.8, 4) is 11.8 Å². The largest absolute Gasteiger partial charge is 0.479 e. The van der Waals surface area contributed by atoms with Gasteiger partial charge in [-0.15, -0.1) is 11.3 Å². The predicted molar refractivity (Wildman–Crippen MR) is 72.4 cm³/mol. The minimum absolute atomic E-state index is 0.0932. The average molecular weight is 258 g/mol. The molecule has 92 valence electrons. The first kappa shape index (κ1) is 12.6. The molecule has 0 saturated carbocycles. The van der Waals surface area contributed by atoms with Gasteiger partial charge in [0.1, 0.15) is 11.8 Å². The number of thiophene rings is 1. The van der Waals surface area contributed by atoms with Gasteiger partial charge in [0, 0.05) is 18.0 Å². The molecule has 2 aromatic rings. The van der Waals surface area contributed by atoms with Crippen molar-refractivity contribution in [3.05, 3.63) is 52.2 Å². The number of ether oxygens (including phenoxy) is 1.